The van der Waals surface area contributed by atoms with Crippen molar-refractivity contribution in [2.75, 3.05) is 6.54 Å². The van der Waals surface area contributed by atoms with Gasteiger partial charge in [0.1, 0.15) is 5.01 Å². The maximum absolute atomic E-state index is 13.0. The first-order valence-electron chi connectivity index (χ1n) is 8.46. The van der Waals surface area contributed by atoms with Gasteiger partial charge in [0.05, 0.1) is 22.5 Å². The molecule has 0 spiro atoms. The van der Waals surface area contributed by atoms with E-state index in [4.69, 9.17) is 13.9 Å². The average Bonchev–Trinajstić information content (AvgIpc) is 3.47. The molecule has 0 aliphatic carbocycles. The van der Waals surface area contributed by atoms with Crippen molar-refractivity contribution in [2.24, 2.45) is 0 Å². The molecule has 26 heavy (non-hydrogen) atoms. The molecular formula is C19H15N3O3S. The van der Waals surface area contributed by atoms with Crippen LogP contribution in [0.25, 0.3) is 21.7 Å². The molecule has 1 unspecified atom stereocenters. The van der Waals surface area contributed by atoms with E-state index in [1.54, 1.807) is 35.8 Å². The van der Waals surface area contributed by atoms with Gasteiger partial charge in [0.25, 0.3) is 5.91 Å². The summed E-state index contributed by atoms with van der Waals surface area (Å²) in [6.45, 7) is 0.697. The van der Waals surface area contributed by atoms with E-state index in [2.05, 4.69) is 11.2 Å². The molecule has 4 aromatic rings. The molecule has 130 valence electrons. The van der Waals surface area contributed by atoms with Crippen LogP contribution in [0.4, 0.5) is 0 Å². The molecule has 7 heteroatoms. The lowest BCUT2D eigenvalue weighted by atomic mass is 10.2. The third kappa shape index (κ3) is 2.52. The maximum atomic E-state index is 13.0. The lowest BCUT2D eigenvalue weighted by Crippen LogP contribution is -2.30. The lowest BCUT2D eigenvalue weighted by Gasteiger charge is -2.21. The molecule has 0 saturated carbocycles. The second-order valence-electron chi connectivity index (χ2n) is 6.23. The number of benzene rings is 1. The number of carbonyl (C=O) groups excluding carboxylic acids is 1. The van der Waals surface area contributed by atoms with Gasteiger partial charge in [0.15, 0.2) is 11.5 Å². The van der Waals surface area contributed by atoms with Crippen LogP contribution < -0.4 is 0 Å². The molecular weight excluding hydrogens is 350 g/mol. The molecule has 3 aromatic heterocycles. The van der Waals surface area contributed by atoms with Crippen LogP contribution in [0.2, 0.25) is 0 Å². The molecule has 1 amide bonds. The summed E-state index contributed by atoms with van der Waals surface area (Å²) in [6, 6.07) is 13.2. The van der Waals surface area contributed by atoms with Gasteiger partial charge in [-0.05, 0) is 37.1 Å². The van der Waals surface area contributed by atoms with Gasteiger partial charge >= 0.3 is 0 Å². The molecule has 6 nitrogen and oxygen atoms in total. The zero-order chi connectivity index (χ0) is 17.5. The Bertz CT molecular complexity index is 1030. The van der Waals surface area contributed by atoms with Crippen molar-refractivity contribution in [3.05, 3.63) is 59.4 Å². The standard InChI is InChI=1S/C19H15N3O3S/c23-19(13-11-16(25-21-13)15-7-4-10-24-15)22-9-3-6-14(22)18-20-12-5-1-2-8-17(12)26-18/h1-2,4-5,7-8,10-11,14H,3,6,9H2. The number of hydrogen-bond acceptors (Lipinski definition) is 6. The maximum Gasteiger partial charge on any atom is 0.276 e. The first-order chi connectivity index (χ1) is 12.8. The summed E-state index contributed by atoms with van der Waals surface area (Å²) >= 11 is 1.65. The van der Waals surface area contributed by atoms with E-state index in [0.29, 0.717) is 23.8 Å². The fourth-order valence-electron chi connectivity index (χ4n) is 3.36. The van der Waals surface area contributed by atoms with Crippen molar-refractivity contribution in [2.45, 2.75) is 18.9 Å². The fraction of sp³-hybridized carbons (Fsp3) is 0.211. The van der Waals surface area contributed by atoms with E-state index >= 15 is 0 Å². The van der Waals surface area contributed by atoms with Crippen LogP contribution in [0.15, 0.2) is 57.7 Å². The van der Waals surface area contributed by atoms with Gasteiger partial charge in [-0.1, -0.05) is 17.3 Å². The first kappa shape index (κ1) is 15.3. The van der Waals surface area contributed by atoms with Crippen LogP contribution in [-0.4, -0.2) is 27.5 Å². The summed E-state index contributed by atoms with van der Waals surface area (Å²) in [5, 5.41) is 4.92. The van der Waals surface area contributed by atoms with Crippen molar-refractivity contribution in [3.63, 3.8) is 0 Å². The van der Waals surface area contributed by atoms with Crippen molar-refractivity contribution in [1.29, 1.82) is 0 Å². The number of likely N-dealkylation sites (tertiary alicyclic amines) is 1. The number of nitrogens with zero attached hydrogens (tertiary/aromatic N) is 3. The van der Waals surface area contributed by atoms with Gasteiger partial charge in [-0.2, -0.15) is 0 Å². The largest absolute Gasteiger partial charge is 0.461 e. The highest BCUT2D eigenvalue weighted by atomic mass is 32.1. The molecule has 4 heterocycles. The zero-order valence-corrected chi connectivity index (χ0v) is 14.6. The summed E-state index contributed by atoms with van der Waals surface area (Å²) in [5.74, 6) is 0.878. The zero-order valence-electron chi connectivity index (χ0n) is 13.8. The SMILES string of the molecule is O=C(c1cc(-c2ccco2)on1)N1CCCC1c1nc2ccccc2s1. The molecule has 0 N–H and O–H groups in total. The summed E-state index contributed by atoms with van der Waals surface area (Å²) < 4.78 is 11.7. The van der Waals surface area contributed by atoms with E-state index in [1.165, 1.54) is 0 Å². The number of amides is 1. The molecule has 1 aliphatic heterocycles. The van der Waals surface area contributed by atoms with Crippen molar-refractivity contribution in [1.82, 2.24) is 15.0 Å². The smallest absolute Gasteiger partial charge is 0.276 e. The normalized spacial score (nSPS) is 17.2. The Labute approximate surface area is 153 Å². The van der Waals surface area contributed by atoms with Gasteiger partial charge in [0, 0.05) is 12.6 Å². The average molecular weight is 365 g/mol. The Morgan fingerprint density at radius 1 is 1.19 bits per heavy atom. The van der Waals surface area contributed by atoms with Crippen molar-refractivity contribution in [3.8, 4) is 11.5 Å². The summed E-state index contributed by atoms with van der Waals surface area (Å²) in [7, 11) is 0. The minimum atomic E-state index is -0.131. The van der Waals surface area contributed by atoms with E-state index in [-0.39, 0.29) is 11.9 Å². The highest BCUT2D eigenvalue weighted by Crippen LogP contribution is 2.37. The topological polar surface area (TPSA) is 72.4 Å². The van der Waals surface area contributed by atoms with E-state index in [1.807, 2.05) is 23.1 Å². The molecule has 0 radical (unpaired) electrons. The van der Waals surface area contributed by atoms with E-state index in [0.717, 1.165) is 28.1 Å². The Balaban J connectivity index is 1.44. The molecule has 1 atom stereocenters. The monoisotopic (exact) mass is 365 g/mol. The first-order valence-corrected chi connectivity index (χ1v) is 9.28. The third-order valence-electron chi connectivity index (χ3n) is 4.60. The van der Waals surface area contributed by atoms with Gasteiger partial charge in [0.2, 0.25) is 5.76 Å². The third-order valence-corrected chi connectivity index (χ3v) is 5.74. The Hall–Kier alpha value is -2.93. The van der Waals surface area contributed by atoms with Crippen molar-refractivity contribution >= 4 is 27.5 Å². The number of aromatic nitrogens is 2. The second kappa shape index (κ2) is 6.10. The number of fused-ring (bicyclic) bond motifs is 1. The van der Waals surface area contributed by atoms with E-state index < -0.39 is 0 Å². The lowest BCUT2D eigenvalue weighted by molar-refractivity contribution is 0.0725. The Morgan fingerprint density at radius 2 is 2.12 bits per heavy atom. The van der Waals surface area contributed by atoms with E-state index in [9.17, 15) is 4.79 Å². The molecule has 1 aromatic carbocycles. The Kier molecular flexibility index (Phi) is 3.60. The predicted octanol–water partition coefficient (Wildman–Crippen LogP) is 4.52. The van der Waals surface area contributed by atoms with Gasteiger partial charge in [-0.15, -0.1) is 11.3 Å². The second-order valence-corrected chi connectivity index (χ2v) is 7.29. The quantitative estimate of drug-likeness (QED) is 0.534. The van der Waals surface area contributed by atoms with Crippen LogP contribution in [0, 0.1) is 0 Å². The molecule has 1 fully saturated rings. The molecule has 5 rings (SSSR count). The molecule has 1 aliphatic rings. The number of rotatable bonds is 3. The Morgan fingerprint density at radius 3 is 2.96 bits per heavy atom. The minimum Gasteiger partial charge on any atom is -0.461 e. The highest BCUT2D eigenvalue weighted by Gasteiger charge is 2.34. The van der Waals surface area contributed by atoms with Crippen LogP contribution >= 0.6 is 11.3 Å². The molecule has 1 saturated heterocycles. The summed E-state index contributed by atoms with van der Waals surface area (Å²) in [5.41, 5.74) is 1.28. The van der Waals surface area contributed by atoms with Crippen LogP contribution in [-0.2, 0) is 0 Å². The number of furan rings is 1. The van der Waals surface area contributed by atoms with Crippen LogP contribution in [0.5, 0.6) is 0 Å². The fourth-order valence-corrected chi connectivity index (χ4v) is 4.47. The number of para-hydroxylation sites is 1. The van der Waals surface area contributed by atoms with Crippen molar-refractivity contribution < 1.29 is 13.7 Å². The summed E-state index contributed by atoms with van der Waals surface area (Å²) in [4.78, 5) is 19.6. The molecule has 0 bridgehead atoms. The predicted molar refractivity (Wildman–Crippen MR) is 96.8 cm³/mol. The number of carbonyl (C=O) groups is 1. The van der Waals surface area contributed by atoms with Crippen LogP contribution in [0.3, 0.4) is 0 Å². The van der Waals surface area contributed by atoms with Gasteiger partial charge < -0.3 is 13.8 Å². The minimum absolute atomic E-state index is 0.0105. The number of thiazole rings is 1. The van der Waals surface area contributed by atoms with Crippen LogP contribution in [0.1, 0.15) is 34.4 Å². The van der Waals surface area contributed by atoms with Gasteiger partial charge in [-0.25, -0.2) is 4.98 Å². The summed E-state index contributed by atoms with van der Waals surface area (Å²) in [6.07, 6.45) is 3.42. The number of hydrogen-bond donors (Lipinski definition) is 0. The van der Waals surface area contributed by atoms with Gasteiger partial charge in [-0.3, -0.25) is 4.79 Å². The highest BCUT2D eigenvalue weighted by molar-refractivity contribution is 7.18.